The Morgan fingerprint density at radius 3 is 1.92 bits per heavy atom. The second kappa shape index (κ2) is 9.69. The van der Waals surface area contributed by atoms with E-state index in [1.54, 1.807) is 0 Å². The third kappa shape index (κ3) is 6.34. The molecule has 156 valence electrons. The van der Waals surface area contributed by atoms with E-state index in [4.69, 9.17) is 14.6 Å². The molecule has 1 rings (SSSR count). The van der Waals surface area contributed by atoms with E-state index in [-0.39, 0.29) is 11.8 Å². The van der Waals surface area contributed by atoms with Gasteiger partial charge in [0, 0.05) is 0 Å². The van der Waals surface area contributed by atoms with Crippen LogP contribution in [0, 0.1) is 5.41 Å². The zero-order chi connectivity index (χ0) is 20.2. The first-order valence-corrected chi connectivity index (χ1v) is 8.53. The minimum Gasteiger partial charge on any atom is -0.394 e. The summed E-state index contributed by atoms with van der Waals surface area (Å²) in [7, 11) is 0. The van der Waals surface area contributed by atoms with E-state index in [0.717, 1.165) is 0 Å². The maximum Gasteiger partial charge on any atom is 0.186 e. The van der Waals surface area contributed by atoms with Crippen LogP contribution in [0.3, 0.4) is 0 Å². The van der Waals surface area contributed by atoms with Crippen molar-refractivity contribution in [3.63, 3.8) is 0 Å². The molecule has 1 heterocycles. The summed E-state index contributed by atoms with van der Waals surface area (Å²) >= 11 is 0. The topological polar surface area (TPSA) is 180 Å². The van der Waals surface area contributed by atoms with Crippen LogP contribution in [-0.4, -0.2) is 109 Å². The van der Waals surface area contributed by atoms with Crippen molar-refractivity contribution >= 4 is 0 Å². The second-order valence-corrected chi connectivity index (χ2v) is 7.91. The molecule has 1 aliphatic rings. The Morgan fingerprint density at radius 2 is 1.42 bits per heavy atom. The van der Waals surface area contributed by atoms with Crippen LogP contribution in [0.4, 0.5) is 0 Å². The summed E-state index contributed by atoms with van der Waals surface area (Å²) in [6.45, 7) is 4.30. The second-order valence-electron chi connectivity index (χ2n) is 7.91. The van der Waals surface area contributed by atoms with Crippen LogP contribution in [-0.2, 0) is 9.47 Å². The minimum absolute atomic E-state index is 0.186. The van der Waals surface area contributed by atoms with Gasteiger partial charge in [0.15, 0.2) is 6.29 Å². The number of aliphatic hydroxyl groups excluding tert-OH is 8. The predicted octanol–water partition coefficient (Wildman–Crippen LogP) is -3.32. The van der Waals surface area contributed by atoms with Crippen molar-refractivity contribution < 1.29 is 50.3 Å². The van der Waals surface area contributed by atoms with Crippen molar-refractivity contribution in [2.75, 3.05) is 13.2 Å². The first-order valence-electron chi connectivity index (χ1n) is 8.53. The van der Waals surface area contributed by atoms with Crippen molar-refractivity contribution in [1.82, 2.24) is 0 Å². The van der Waals surface area contributed by atoms with E-state index < -0.39 is 68.3 Å². The summed E-state index contributed by atoms with van der Waals surface area (Å²) in [6.07, 6.45) is -13.5. The first-order chi connectivity index (χ1) is 11.9. The molecule has 0 aromatic heterocycles. The lowest BCUT2D eigenvalue weighted by Crippen LogP contribution is -2.59. The minimum atomic E-state index is -1.72. The molecule has 10 nitrogen and oxygen atoms in total. The highest BCUT2D eigenvalue weighted by molar-refractivity contribution is 4.89. The Kier molecular flexibility index (Phi) is 8.81. The van der Waals surface area contributed by atoms with Crippen molar-refractivity contribution in [3.05, 3.63) is 0 Å². The van der Waals surface area contributed by atoms with Gasteiger partial charge in [-0.25, -0.2) is 0 Å². The van der Waals surface area contributed by atoms with Gasteiger partial charge in [-0.3, -0.25) is 0 Å². The third-order valence-corrected chi connectivity index (χ3v) is 4.24. The number of aliphatic hydroxyl groups is 8. The van der Waals surface area contributed by atoms with Crippen LogP contribution in [0.1, 0.15) is 27.2 Å². The highest BCUT2D eigenvalue weighted by Gasteiger charge is 2.44. The molecule has 9 atom stereocenters. The van der Waals surface area contributed by atoms with Gasteiger partial charge in [0.1, 0.15) is 42.7 Å². The average Bonchev–Trinajstić information content (AvgIpc) is 2.56. The van der Waals surface area contributed by atoms with Crippen LogP contribution in [0.15, 0.2) is 0 Å². The number of rotatable bonds is 8. The maximum absolute atomic E-state index is 9.97. The number of hydrogen-bond acceptors (Lipinski definition) is 10. The van der Waals surface area contributed by atoms with Crippen LogP contribution < -0.4 is 0 Å². The van der Waals surface area contributed by atoms with Gasteiger partial charge in [0.05, 0.1) is 19.3 Å². The molecular formula is C16H32O10. The number of ether oxygens (including phenoxy) is 2. The summed E-state index contributed by atoms with van der Waals surface area (Å²) in [4.78, 5) is 0. The van der Waals surface area contributed by atoms with Crippen LogP contribution >= 0.6 is 0 Å². The lowest BCUT2D eigenvalue weighted by atomic mass is 9.86. The van der Waals surface area contributed by atoms with Crippen molar-refractivity contribution in [3.8, 4) is 0 Å². The largest absolute Gasteiger partial charge is 0.394 e. The molecule has 0 saturated carbocycles. The molecule has 0 aromatic carbocycles. The predicted molar refractivity (Wildman–Crippen MR) is 87.8 cm³/mol. The smallest absolute Gasteiger partial charge is 0.186 e. The molecule has 1 fully saturated rings. The molecule has 1 saturated heterocycles. The van der Waals surface area contributed by atoms with E-state index in [9.17, 15) is 35.7 Å². The van der Waals surface area contributed by atoms with Gasteiger partial charge in [-0.05, 0) is 11.8 Å². The first kappa shape index (κ1) is 23.6. The molecule has 0 amide bonds. The molecule has 0 bridgehead atoms. The standard InChI is InChI=1S/C16H32O10/c1-16(2,3)4-7(18)10(20)11(21)8(19)6-25-15-14(24)13(23)12(22)9(5-17)26-15/h7-15,17-24H,4-6H2,1-3H3/t7-,8+,9+,10+,11-,12+,13-,14+,15+/m0/s1. The van der Waals surface area contributed by atoms with Crippen molar-refractivity contribution in [1.29, 1.82) is 0 Å². The van der Waals surface area contributed by atoms with Gasteiger partial charge >= 0.3 is 0 Å². The van der Waals surface area contributed by atoms with Crippen molar-refractivity contribution in [2.45, 2.75) is 82.3 Å². The van der Waals surface area contributed by atoms with Crippen LogP contribution in [0.5, 0.6) is 0 Å². The van der Waals surface area contributed by atoms with E-state index in [1.807, 2.05) is 20.8 Å². The molecule has 0 aromatic rings. The van der Waals surface area contributed by atoms with Crippen LogP contribution in [0.2, 0.25) is 0 Å². The molecule has 10 heteroatoms. The molecule has 26 heavy (non-hydrogen) atoms. The molecule has 8 N–H and O–H groups in total. The SMILES string of the molecule is CC(C)(C)C[C@H](O)[C@@H](O)[C@@H](O)[C@H](O)CO[C@@H]1O[C@H](CO)[C@@H](O)[C@H](O)[C@H]1O. The zero-order valence-corrected chi connectivity index (χ0v) is 15.2. The number of hydrogen-bond donors (Lipinski definition) is 8. The quantitative estimate of drug-likeness (QED) is 0.211. The van der Waals surface area contributed by atoms with Gasteiger partial charge in [0.25, 0.3) is 0 Å². The van der Waals surface area contributed by atoms with Gasteiger partial charge in [-0.15, -0.1) is 0 Å². The Balaban J connectivity index is 2.57. The lowest BCUT2D eigenvalue weighted by molar-refractivity contribution is -0.306. The Morgan fingerprint density at radius 1 is 0.885 bits per heavy atom. The molecule has 0 aliphatic carbocycles. The molecule has 1 aliphatic heterocycles. The molecule has 0 spiro atoms. The highest BCUT2D eigenvalue weighted by atomic mass is 16.7. The summed E-state index contributed by atoms with van der Waals surface area (Å²) < 4.78 is 10.2. The monoisotopic (exact) mass is 384 g/mol. The summed E-state index contributed by atoms with van der Waals surface area (Å²) in [5, 5.41) is 78.1. The van der Waals surface area contributed by atoms with Gasteiger partial charge < -0.3 is 50.3 Å². The fourth-order valence-corrected chi connectivity index (χ4v) is 2.70. The fraction of sp³-hybridized carbons (Fsp3) is 1.00. The summed E-state index contributed by atoms with van der Waals surface area (Å²) in [6, 6.07) is 0. The van der Waals surface area contributed by atoms with E-state index >= 15 is 0 Å². The maximum atomic E-state index is 9.97. The molecule has 0 unspecified atom stereocenters. The average molecular weight is 384 g/mol. The Bertz CT molecular complexity index is 412. The lowest BCUT2D eigenvalue weighted by Gasteiger charge is -2.40. The Hall–Kier alpha value is -0.400. The van der Waals surface area contributed by atoms with E-state index in [2.05, 4.69) is 0 Å². The normalized spacial score (nSPS) is 35.0. The zero-order valence-electron chi connectivity index (χ0n) is 15.2. The van der Waals surface area contributed by atoms with Gasteiger partial charge in [0.2, 0.25) is 0 Å². The van der Waals surface area contributed by atoms with E-state index in [1.165, 1.54) is 0 Å². The molecule has 0 radical (unpaired) electrons. The summed E-state index contributed by atoms with van der Waals surface area (Å²) in [5.74, 6) is 0. The fourth-order valence-electron chi connectivity index (χ4n) is 2.70. The summed E-state index contributed by atoms with van der Waals surface area (Å²) in [5.41, 5.74) is -0.308. The molecular weight excluding hydrogens is 352 g/mol. The highest BCUT2D eigenvalue weighted by Crippen LogP contribution is 2.24. The van der Waals surface area contributed by atoms with Crippen molar-refractivity contribution in [2.24, 2.45) is 5.41 Å². The Labute approximate surface area is 152 Å². The van der Waals surface area contributed by atoms with Crippen LogP contribution in [0.25, 0.3) is 0 Å². The third-order valence-electron chi connectivity index (χ3n) is 4.24. The van der Waals surface area contributed by atoms with Gasteiger partial charge in [-0.2, -0.15) is 0 Å². The van der Waals surface area contributed by atoms with Gasteiger partial charge in [-0.1, -0.05) is 20.8 Å². The van der Waals surface area contributed by atoms with E-state index in [0.29, 0.717) is 0 Å².